The standard InChI is InChI=1S/C9H9N2O2S.Rh/c1-7-3-2-4-8(5-7)14(13)10-6-9(12)11-14;/h2-3,5H,6H2,1H3,(H,10,11,12,13);/q-1;. The zero-order valence-electron chi connectivity index (χ0n) is 7.94. The Morgan fingerprint density at radius 3 is 2.87 bits per heavy atom. The normalized spacial score (nSPS) is 23.9. The molecule has 1 radical (unpaired) electrons. The molecular weight excluding hydrogens is 303 g/mol. The fraction of sp³-hybridized carbons (Fsp3) is 0.222. The summed E-state index contributed by atoms with van der Waals surface area (Å²) in [6.45, 7) is 1.86. The van der Waals surface area contributed by atoms with Gasteiger partial charge in [-0.25, -0.2) is 8.57 Å². The van der Waals surface area contributed by atoms with E-state index in [2.05, 4.69) is 15.2 Å². The molecule has 0 saturated heterocycles. The van der Waals surface area contributed by atoms with Crippen LogP contribution in [0.25, 0.3) is 0 Å². The molecule has 15 heavy (non-hydrogen) atoms. The molecule has 1 unspecified atom stereocenters. The van der Waals surface area contributed by atoms with Crippen LogP contribution in [0, 0.1) is 13.0 Å². The van der Waals surface area contributed by atoms with Crippen molar-refractivity contribution < 1.29 is 28.5 Å². The fourth-order valence-corrected chi connectivity index (χ4v) is 2.76. The van der Waals surface area contributed by atoms with Crippen molar-refractivity contribution in [2.75, 3.05) is 6.54 Å². The smallest absolute Gasteiger partial charge is 0.254 e. The first-order chi connectivity index (χ1) is 6.60. The van der Waals surface area contributed by atoms with Gasteiger partial charge in [-0.1, -0.05) is 6.92 Å². The quantitative estimate of drug-likeness (QED) is 0.612. The second-order valence-electron chi connectivity index (χ2n) is 3.07. The molecule has 6 heteroatoms. The zero-order valence-corrected chi connectivity index (χ0v) is 10.4. The number of amides is 1. The summed E-state index contributed by atoms with van der Waals surface area (Å²) in [6.07, 6.45) is 0. The summed E-state index contributed by atoms with van der Waals surface area (Å²) in [7, 11) is -2.73. The minimum atomic E-state index is -2.73. The van der Waals surface area contributed by atoms with E-state index in [1.54, 1.807) is 12.1 Å². The number of benzene rings is 1. The van der Waals surface area contributed by atoms with E-state index in [4.69, 9.17) is 0 Å². The molecule has 0 spiro atoms. The first kappa shape index (κ1) is 12.3. The SMILES string of the molecule is Cc1cc[c-]c(S2(=O)=NCC(=O)N2)c1.[Rh]. The van der Waals surface area contributed by atoms with Gasteiger partial charge in [-0.15, -0.1) is 6.07 Å². The number of nitrogens with one attached hydrogen (secondary N) is 1. The van der Waals surface area contributed by atoms with E-state index in [0.717, 1.165) is 5.56 Å². The molecule has 0 saturated carbocycles. The Labute approximate surface area is 102 Å². The Morgan fingerprint density at radius 2 is 2.33 bits per heavy atom. The van der Waals surface area contributed by atoms with Gasteiger partial charge in [-0.05, 0) is 4.90 Å². The molecule has 1 heterocycles. The minimum Gasteiger partial charge on any atom is -0.272 e. The molecule has 1 atom stereocenters. The van der Waals surface area contributed by atoms with Crippen molar-refractivity contribution in [3.05, 3.63) is 29.8 Å². The Kier molecular flexibility index (Phi) is 3.63. The molecule has 0 aliphatic carbocycles. The van der Waals surface area contributed by atoms with Gasteiger partial charge in [-0.3, -0.25) is 9.52 Å². The number of nitrogens with zero attached hydrogens (tertiary/aromatic N) is 1. The third-order valence-corrected chi connectivity index (χ3v) is 3.70. The summed E-state index contributed by atoms with van der Waals surface area (Å²) in [6, 6.07) is 8.08. The van der Waals surface area contributed by atoms with Gasteiger partial charge in [0.15, 0.2) is 0 Å². The number of carbonyl (C=O) groups is 1. The van der Waals surface area contributed by atoms with Gasteiger partial charge in [0.05, 0.1) is 0 Å². The van der Waals surface area contributed by atoms with Gasteiger partial charge >= 0.3 is 0 Å². The van der Waals surface area contributed by atoms with Crippen LogP contribution in [0.15, 0.2) is 27.5 Å². The molecular formula is C9H9N2O2RhS-. The summed E-state index contributed by atoms with van der Waals surface area (Å²) in [4.78, 5) is 11.4. The molecule has 1 aromatic rings. The van der Waals surface area contributed by atoms with Gasteiger partial charge < -0.3 is 0 Å². The third-order valence-electron chi connectivity index (χ3n) is 1.87. The number of aryl methyl sites for hydroxylation is 1. The summed E-state index contributed by atoms with van der Waals surface area (Å²) < 4.78 is 18.2. The van der Waals surface area contributed by atoms with Crippen LogP contribution >= 0.6 is 0 Å². The maximum absolute atomic E-state index is 12.0. The summed E-state index contributed by atoms with van der Waals surface area (Å²) in [5.74, 6) is -0.301. The van der Waals surface area contributed by atoms with Crippen molar-refractivity contribution >= 4 is 15.8 Å². The number of hydrogen-bond acceptors (Lipinski definition) is 3. The van der Waals surface area contributed by atoms with E-state index in [1.165, 1.54) is 0 Å². The van der Waals surface area contributed by atoms with Gasteiger partial charge in [0.1, 0.15) is 16.5 Å². The van der Waals surface area contributed by atoms with Gasteiger partial charge in [0.25, 0.3) is 5.91 Å². The van der Waals surface area contributed by atoms with Crippen molar-refractivity contribution in [1.82, 2.24) is 4.72 Å². The van der Waals surface area contributed by atoms with Gasteiger partial charge in [0.2, 0.25) is 0 Å². The Hall–Kier alpha value is -0.737. The summed E-state index contributed by atoms with van der Waals surface area (Å²) in [5, 5.41) is 0. The largest absolute Gasteiger partial charge is 0.272 e. The Bertz CT molecular complexity index is 507. The van der Waals surface area contributed by atoms with Crippen molar-refractivity contribution in [2.24, 2.45) is 4.36 Å². The van der Waals surface area contributed by atoms with Crippen molar-refractivity contribution in [2.45, 2.75) is 11.8 Å². The van der Waals surface area contributed by atoms with E-state index in [0.29, 0.717) is 4.90 Å². The third kappa shape index (κ3) is 2.44. The van der Waals surface area contributed by atoms with Crippen LogP contribution in [-0.4, -0.2) is 16.7 Å². The van der Waals surface area contributed by atoms with Crippen LogP contribution in [0.1, 0.15) is 5.56 Å². The average Bonchev–Trinajstić information content (AvgIpc) is 2.48. The van der Waals surface area contributed by atoms with Gasteiger partial charge in [0, 0.05) is 19.5 Å². The molecule has 4 nitrogen and oxygen atoms in total. The predicted octanol–water partition coefficient (Wildman–Crippen LogP) is 0.664. The molecule has 0 aromatic heterocycles. The topological polar surface area (TPSA) is 58.5 Å². The van der Waals surface area contributed by atoms with Crippen LogP contribution in [0.4, 0.5) is 0 Å². The van der Waals surface area contributed by atoms with E-state index in [9.17, 15) is 9.00 Å². The maximum atomic E-state index is 12.0. The van der Waals surface area contributed by atoms with Crippen molar-refractivity contribution in [3.8, 4) is 0 Å². The molecule has 1 N–H and O–H groups in total. The first-order valence-corrected chi connectivity index (χ1v) is 5.63. The van der Waals surface area contributed by atoms with Crippen LogP contribution in [0.5, 0.6) is 0 Å². The molecule has 1 aliphatic heterocycles. The molecule has 1 aliphatic rings. The number of hydrogen-bond donors (Lipinski definition) is 1. The van der Waals surface area contributed by atoms with Crippen LogP contribution in [-0.2, 0) is 34.2 Å². The van der Waals surface area contributed by atoms with E-state index >= 15 is 0 Å². The predicted molar refractivity (Wildman–Crippen MR) is 51.9 cm³/mol. The second kappa shape index (κ2) is 4.41. The van der Waals surface area contributed by atoms with Crippen LogP contribution in [0.2, 0.25) is 0 Å². The first-order valence-electron chi connectivity index (χ1n) is 4.12. The molecule has 1 aromatic carbocycles. The average molecular weight is 312 g/mol. The van der Waals surface area contributed by atoms with Crippen molar-refractivity contribution in [3.63, 3.8) is 0 Å². The van der Waals surface area contributed by atoms with Gasteiger partial charge in [-0.2, -0.15) is 23.8 Å². The fourth-order valence-electron chi connectivity index (χ4n) is 1.20. The molecule has 0 bridgehead atoms. The number of carbonyl (C=O) groups excluding carboxylic acids is 1. The Morgan fingerprint density at radius 1 is 1.60 bits per heavy atom. The summed E-state index contributed by atoms with van der Waals surface area (Å²) >= 11 is 0. The van der Waals surface area contributed by atoms with Crippen molar-refractivity contribution in [1.29, 1.82) is 0 Å². The summed E-state index contributed by atoms with van der Waals surface area (Å²) in [5.41, 5.74) is 0.970. The number of rotatable bonds is 1. The van der Waals surface area contributed by atoms with E-state index < -0.39 is 9.92 Å². The molecule has 2 rings (SSSR count). The molecule has 0 fully saturated rings. The molecule has 1 amide bonds. The minimum absolute atomic E-state index is 0. The molecule has 83 valence electrons. The monoisotopic (exact) mass is 312 g/mol. The van der Waals surface area contributed by atoms with E-state index in [1.807, 2.05) is 13.0 Å². The maximum Gasteiger partial charge on any atom is 0.254 e. The zero-order chi connectivity index (χ0) is 10.2. The Balaban J connectivity index is 0.00000112. The van der Waals surface area contributed by atoms with Crippen LogP contribution in [0.3, 0.4) is 0 Å². The van der Waals surface area contributed by atoms with E-state index in [-0.39, 0.29) is 31.9 Å². The van der Waals surface area contributed by atoms with Crippen LogP contribution < -0.4 is 4.72 Å². The second-order valence-corrected chi connectivity index (χ2v) is 5.02.